The molecule has 0 N–H and O–H groups in total. The molecule has 1 saturated heterocycles. The van der Waals surface area contributed by atoms with Crippen LogP contribution in [0.1, 0.15) is 44.1 Å². The Labute approximate surface area is 216 Å². The second-order valence-electron chi connectivity index (χ2n) is 10.2. The van der Waals surface area contributed by atoms with Crippen molar-refractivity contribution < 1.29 is 19.0 Å². The fraction of sp³-hybridized carbons (Fsp3) is 0.357. The Morgan fingerprint density at radius 2 is 1.92 bits per heavy atom. The number of carbonyl (C=O) groups is 1. The number of nitrogens with zero attached hydrogens (tertiary/aromatic N) is 5. The number of methoxy groups -OCH3 is 1. The van der Waals surface area contributed by atoms with E-state index in [0.29, 0.717) is 24.4 Å². The Morgan fingerprint density at radius 3 is 2.59 bits per heavy atom. The standard InChI is InChI=1S/C28H31N5O4/c1-19-15-22-16-21(10-13-33(22)31-19)20-8-9-23(24(17-20)36-18-35-5)28(25-7-6-12-29-30-25)11-14-32(28)26(34)37-27(2,3)4/h6-10,12-13,15-17H,11,14,18H2,1-5H3. The summed E-state index contributed by atoms with van der Waals surface area (Å²) in [6.07, 6.45) is 3.80. The molecule has 1 fully saturated rings. The summed E-state index contributed by atoms with van der Waals surface area (Å²) in [7, 11) is 1.58. The van der Waals surface area contributed by atoms with E-state index in [4.69, 9.17) is 14.2 Å². The molecule has 9 nitrogen and oxygen atoms in total. The third-order valence-electron chi connectivity index (χ3n) is 6.45. The van der Waals surface area contributed by atoms with Gasteiger partial charge >= 0.3 is 6.09 Å². The van der Waals surface area contributed by atoms with Crippen molar-refractivity contribution in [3.8, 4) is 16.9 Å². The summed E-state index contributed by atoms with van der Waals surface area (Å²) < 4.78 is 19.0. The van der Waals surface area contributed by atoms with Crippen LogP contribution in [0.25, 0.3) is 16.6 Å². The second-order valence-corrected chi connectivity index (χ2v) is 10.2. The van der Waals surface area contributed by atoms with Crippen LogP contribution in [-0.2, 0) is 15.0 Å². The number of aryl methyl sites for hydroxylation is 1. The van der Waals surface area contributed by atoms with Gasteiger partial charge in [-0.15, -0.1) is 0 Å². The van der Waals surface area contributed by atoms with Crippen molar-refractivity contribution in [2.45, 2.75) is 45.3 Å². The molecule has 4 heterocycles. The van der Waals surface area contributed by atoms with E-state index >= 15 is 0 Å². The predicted molar refractivity (Wildman–Crippen MR) is 138 cm³/mol. The molecule has 9 heteroatoms. The van der Waals surface area contributed by atoms with Crippen molar-refractivity contribution >= 4 is 11.6 Å². The quantitative estimate of drug-likeness (QED) is 0.345. The molecule has 1 aliphatic heterocycles. The molecule has 4 aromatic rings. The lowest BCUT2D eigenvalue weighted by atomic mass is 9.74. The first kappa shape index (κ1) is 24.7. The average molecular weight is 502 g/mol. The molecule has 0 saturated carbocycles. The molecule has 1 aromatic carbocycles. The zero-order valence-electron chi connectivity index (χ0n) is 21.8. The molecule has 0 bridgehead atoms. The molecule has 1 atom stereocenters. The molecule has 0 radical (unpaired) electrons. The smallest absolute Gasteiger partial charge is 0.411 e. The summed E-state index contributed by atoms with van der Waals surface area (Å²) in [5.74, 6) is 0.600. The molecule has 5 rings (SSSR count). The lowest BCUT2D eigenvalue weighted by molar-refractivity contribution is -0.0350. The summed E-state index contributed by atoms with van der Waals surface area (Å²) in [5, 5.41) is 13.0. The number of ether oxygens (including phenoxy) is 3. The largest absolute Gasteiger partial charge is 0.467 e. The fourth-order valence-corrected chi connectivity index (χ4v) is 4.81. The van der Waals surface area contributed by atoms with Crippen LogP contribution < -0.4 is 4.74 Å². The van der Waals surface area contributed by atoms with Crippen molar-refractivity contribution in [1.82, 2.24) is 24.7 Å². The molecule has 1 aliphatic rings. The number of fused-ring (bicyclic) bond motifs is 1. The number of pyridine rings is 1. The number of benzene rings is 1. The van der Waals surface area contributed by atoms with Crippen molar-refractivity contribution in [2.24, 2.45) is 0 Å². The Balaban J connectivity index is 1.63. The monoisotopic (exact) mass is 501 g/mol. The van der Waals surface area contributed by atoms with Gasteiger partial charge in [0, 0.05) is 31.6 Å². The molecule has 1 amide bonds. The maximum atomic E-state index is 13.3. The van der Waals surface area contributed by atoms with Gasteiger partial charge in [0.05, 0.1) is 16.9 Å². The van der Waals surface area contributed by atoms with E-state index in [1.165, 1.54) is 0 Å². The van der Waals surface area contributed by atoms with Crippen LogP contribution in [0.3, 0.4) is 0 Å². The molecular weight excluding hydrogens is 470 g/mol. The van der Waals surface area contributed by atoms with E-state index in [9.17, 15) is 4.79 Å². The lowest BCUT2D eigenvalue weighted by Gasteiger charge is -2.52. The highest BCUT2D eigenvalue weighted by molar-refractivity contribution is 5.75. The Hall–Kier alpha value is -3.98. The molecule has 3 aromatic heterocycles. The van der Waals surface area contributed by atoms with Gasteiger partial charge in [-0.3, -0.25) is 4.90 Å². The van der Waals surface area contributed by atoms with E-state index < -0.39 is 17.2 Å². The van der Waals surface area contributed by atoms with E-state index in [1.807, 2.05) is 80.9 Å². The topological polar surface area (TPSA) is 91.1 Å². The Morgan fingerprint density at radius 1 is 1.11 bits per heavy atom. The van der Waals surface area contributed by atoms with Crippen LogP contribution >= 0.6 is 0 Å². The maximum absolute atomic E-state index is 13.3. The molecule has 192 valence electrons. The third-order valence-corrected chi connectivity index (χ3v) is 6.45. The zero-order chi connectivity index (χ0) is 26.2. The summed E-state index contributed by atoms with van der Waals surface area (Å²) in [6, 6.07) is 15.9. The number of likely N-dealkylation sites (tertiary alicyclic amines) is 1. The van der Waals surface area contributed by atoms with Gasteiger partial charge in [-0.25, -0.2) is 9.31 Å². The van der Waals surface area contributed by atoms with Gasteiger partial charge in [-0.2, -0.15) is 15.3 Å². The average Bonchev–Trinajstić information content (AvgIpc) is 3.21. The van der Waals surface area contributed by atoms with Crippen LogP contribution in [0.5, 0.6) is 5.75 Å². The summed E-state index contributed by atoms with van der Waals surface area (Å²) in [5.41, 5.74) is 3.88. The maximum Gasteiger partial charge on any atom is 0.411 e. The first-order valence-corrected chi connectivity index (χ1v) is 12.2. The van der Waals surface area contributed by atoms with Gasteiger partial charge in [0.15, 0.2) is 6.79 Å². The summed E-state index contributed by atoms with van der Waals surface area (Å²) in [4.78, 5) is 15.0. The molecule has 0 aliphatic carbocycles. The van der Waals surface area contributed by atoms with Gasteiger partial charge in [0.1, 0.15) is 16.9 Å². The van der Waals surface area contributed by atoms with E-state index in [2.05, 4.69) is 21.4 Å². The molecule has 0 spiro atoms. The van der Waals surface area contributed by atoms with Crippen LogP contribution in [0.2, 0.25) is 0 Å². The minimum atomic E-state index is -0.884. The van der Waals surface area contributed by atoms with Gasteiger partial charge in [0.2, 0.25) is 0 Å². The normalized spacial score (nSPS) is 17.5. The predicted octanol–water partition coefficient (Wildman–Crippen LogP) is 4.97. The van der Waals surface area contributed by atoms with Crippen LogP contribution in [0.15, 0.2) is 60.9 Å². The van der Waals surface area contributed by atoms with E-state index in [-0.39, 0.29) is 6.79 Å². The van der Waals surface area contributed by atoms with Gasteiger partial charge in [-0.1, -0.05) is 12.1 Å². The number of hydrogen-bond donors (Lipinski definition) is 0. The van der Waals surface area contributed by atoms with Crippen LogP contribution in [0.4, 0.5) is 4.79 Å². The van der Waals surface area contributed by atoms with Crippen molar-refractivity contribution in [1.29, 1.82) is 0 Å². The summed E-state index contributed by atoms with van der Waals surface area (Å²) in [6.45, 7) is 8.12. The third kappa shape index (κ3) is 4.62. The lowest BCUT2D eigenvalue weighted by Crippen LogP contribution is -2.61. The highest BCUT2D eigenvalue weighted by Gasteiger charge is 2.54. The van der Waals surface area contributed by atoms with E-state index in [1.54, 1.807) is 18.2 Å². The van der Waals surface area contributed by atoms with Crippen molar-refractivity contribution in [3.63, 3.8) is 0 Å². The fourth-order valence-electron chi connectivity index (χ4n) is 4.81. The van der Waals surface area contributed by atoms with Crippen LogP contribution in [0, 0.1) is 6.92 Å². The number of hydrogen-bond acceptors (Lipinski definition) is 7. The van der Waals surface area contributed by atoms with Gasteiger partial charge in [-0.05, 0) is 81.6 Å². The van der Waals surface area contributed by atoms with Gasteiger partial charge in [0.25, 0.3) is 0 Å². The van der Waals surface area contributed by atoms with E-state index in [0.717, 1.165) is 27.9 Å². The Bertz CT molecular complexity index is 1430. The van der Waals surface area contributed by atoms with Crippen molar-refractivity contribution in [3.05, 3.63) is 77.9 Å². The van der Waals surface area contributed by atoms with Crippen LogP contribution in [-0.4, -0.2) is 56.9 Å². The first-order chi connectivity index (χ1) is 17.7. The van der Waals surface area contributed by atoms with Gasteiger partial charge < -0.3 is 14.2 Å². The second kappa shape index (κ2) is 9.48. The minimum absolute atomic E-state index is 0.0558. The minimum Gasteiger partial charge on any atom is -0.467 e. The molecule has 37 heavy (non-hydrogen) atoms. The zero-order valence-corrected chi connectivity index (χ0v) is 21.8. The number of rotatable bonds is 6. The number of amides is 1. The number of aromatic nitrogens is 4. The highest BCUT2D eigenvalue weighted by atomic mass is 16.7. The van der Waals surface area contributed by atoms with Crippen molar-refractivity contribution in [2.75, 3.05) is 20.4 Å². The summed E-state index contributed by atoms with van der Waals surface area (Å²) >= 11 is 0. The SMILES string of the molecule is COCOc1cc(-c2ccn3nc(C)cc3c2)ccc1C1(c2cccnn2)CCN1C(=O)OC(C)(C)C. The molecular formula is C28H31N5O4. The Kier molecular flexibility index (Phi) is 6.33. The molecule has 1 unspecified atom stereocenters. The first-order valence-electron chi connectivity index (χ1n) is 12.2. The highest BCUT2D eigenvalue weighted by Crippen LogP contribution is 2.50. The number of carbonyl (C=O) groups excluding carboxylic acids is 1.